The van der Waals surface area contributed by atoms with E-state index in [9.17, 15) is 4.80 Å². The Morgan fingerprint density at radius 1 is 1.00 bits per heavy atom. The van der Waals surface area contributed by atoms with Gasteiger partial charge in [0.25, 0.3) is 0 Å². The van der Waals surface area contributed by atoms with Gasteiger partial charge in [-0.3, -0.25) is 0 Å². The van der Waals surface area contributed by atoms with Gasteiger partial charge in [0, 0.05) is 0 Å². The molecule has 21 heavy (non-hydrogen) atoms. The quantitative estimate of drug-likeness (QED) is 0.824. The van der Waals surface area contributed by atoms with Gasteiger partial charge in [0.05, 0.1) is 0 Å². The molecule has 0 saturated carbocycles. The molecule has 0 radical (unpaired) electrons. The lowest BCUT2D eigenvalue weighted by atomic mass is 9.93. The molecule has 0 heterocycles. The third-order valence-corrected chi connectivity index (χ3v) is 8.29. The van der Waals surface area contributed by atoms with E-state index in [1.165, 1.54) is 21.9 Å². The maximum absolute atomic E-state index is 10.5. The average Bonchev–Trinajstić information content (AvgIpc) is 2.38. The molecule has 0 unspecified atom stereocenters. The fourth-order valence-electron chi connectivity index (χ4n) is 2.66. The van der Waals surface area contributed by atoms with Crippen LogP contribution in [0.1, 0.15) is 25.0 Å². The Hall–Kier alpha value is -1.16. The molecule has 0 aliphatic rings. The van der Waals surface area contributed by atoms with Crippen LogP contribution in [-0.2, 0) is 12.8 Å². The maximum atomic E-state index is 10.5. The lowest BCUT2D eigenvalue weighted by molar-refractivity contribution is 0.468. The number of rotatable bonds is 5. The zero-order chi connectivity index (χ0) is 15.7. The molecule has 2 aromatic rings. The van der Waals surface area contributed by atoms with Crippen molar-refractivity contribution in [3.63, 3.8) is 0 Å². The monoisotopic (exact) mass is 301 g/mol. The lowest BCUT2D eigenvalue weighted by Gasteiger charge is -2.35. The molecule has 0 saturated heterocycles. The zero-order valence-electron chi connectivity index (χ0n) is 13.6. The Bertz CT molecular complexity index is 629. The van der Waals surface area contributed by atoms with Gasteiger partial charge in [0.1, 0.15) is 0 Å². The minimum atomic E-state index is -2.20. The summed E-state index contributed by atoms with van der Waals surface area (Å²) in [6.45, 7) is 9.09. The number of nitrogens with two attached hydrogens (primary N) is 1. The predicted octanol–water partition coefficient (Wildman–Crippen LogP) is 3.86. The average molecular weight is 302 g/mol. The van der Waals surface area contributed by atoms with Crippen molar-refractivity contribution in [1.82, 2.24) is 0 Å². The molecule has 2 rings (SSSR count). The minimum absolute atomic E-state index is 0.0504. The summed E-state index contributed by atoms with van der Waals surface area (Å²) in [6, 6.07) is 13.0. The second-order valence-corrected chi connectivity index (χ2v) is 11.6. The highest BCUT2D eigenvalue weighted by Gasteiger charge is 2.38. The molecule has 0 fully saturated rings. The summed E-state index contributed by atoms with van der Waals surface area (Å²) < 4.78 is 0. The molecule has 2 nitrogen and oxygen atoms in total. The van der Waals surface area contributed by atoms with Gasteiger partial charge in [-0.1, -0.05) is 50.2 Å². The molecule has 0 spiro atoms. The highest BCUT2D eigenvalue weighted by Crippen LogP contribution is 2.40. The maximum Gasteiger partial charge on any atom is 0.188 e. The molecule has 0 aliphatic heterocycles. The Labute approximate surface area is 129 Å². The molecule has 114 valence electrons. The van der Waals surface area contributed by atoms with E-state index >= 15 is 0 Å². The van der Waals surface area contributed by atoms with Gasteiger partial charge >= 0.3 is 0 Å². The second kappa shape index (κ2) is 5.91. The largest absolute Gasteiger partial charge is 0.432 e. The first-order valence-corrected chi connectivity index (χ1v) is 10.6. The van der Waals surface area contributed by atoms with Crippen LogP contribution in [0.25, 0.3) is 10.8 Å². The molecule has 0 aliphatic carbocycles. The number of hydrogen-bond donors (Lipinski definition) is 2. The van der Waals surface area contributed by atoms with Crippen LogP contribution >= 0.6 is 0 Å². The standard InChI is InChI=1S/C18H27NOSi/c1-18(2,21(3,4)20)13-15-8-6-9-16-14(11-12-19)7-5-10-17(15)16/h5-10,20H,11-13,19H2,1-4H3. The zero-order valence-corrected chi connectivity index (χ0v) is 14.6. The fraction of sp³-hybridized carbons (Fsp3) is 0.444. The van der Waals surface area contributed by atoms with Crippen molar-refractivity contribution in [2.75, 3.05) is 6.54 Å². The molecule has 0 amide bonds. The molecular formula is C18H27NOSi. The molecular weight excluding hydrogens is 274 g/mol. The normalized spacial score (nSPS) is 12.9. The van der Waals surface area contributed by atoms with E-state index in [0.29, 0.717) is 6.54 Å². The van der Waals surface area contributed by atoms with Crippen molar-refractivity contribution in [3.8, 4) is 0 Å². The highest BCUT2D eigenvalue weighted by molar-refractivity contribution is 6.72. The van der Waals surface area contributed by atoms with Gasteiger partial charge < -0.3 is 10.5 Å². The molecule has 3 heteroatoms. The van der Waals surface area contributed by atoms with Gasteiger partial charge in [-0.15, -0.1) is 0 Å². The van der Waals surface area contributed by atoms with Crippen molar-refractivity contribution in [1.29, 1.82) is 0 Å². The van der Waals surface area contributed by atoms with Gasteiger partial charge in [-0.25, -0.2) is 0 Å². The lowest BCUT2D eigenvalue weighted by Crippen LogP contribution is -2.40. The van der Waals surface area contributed by atoms with Gasteiger partial charge in [-0.05, 0) is 59.4 Å². The van der Waals surface area contributed by atoms with Crippen molar-refractivity contribution < 1.29 is 4.80 Å². The van der Waals surface area contributed by atoms with Crippen molar-refractivity contribution in [3.05, 3.63) is 47.5 Å². The number of hydrogen-bond acceptors (Lipinski definition) is 2. The number of benzene rings is 2. The summed E-state index contributed by atoms with van der Waals surface area (Å²) in [5.74, 6) is 0. The van der Waals surface area contributed by atoms with E-state index in [1.807, 2.05) is 13.1 Å². The van der Waals surface area contributed by atoms with E-state index in [0.717, 1.165) is 12.8 Å². The van der Waals surface area contributed by atoms with Crippen molar-refractivity contribution in [2.45, 2.75) is 44.8 Å². The third-order valence-electron chi connectivity index (χ3n) is 4.80. The van der Waals surface area contributed by atoms with Crippen LogP contribution < -0.4 is 5.73 Å². The van der Waals surface area contributed by atoms with E-state index < -0.39 is 8.32 Å². The minimum Gasteiger partial charge on any atom is -0.432 e. The Morgan fingerprint density at radius 2 is 1.52 bits per heavy atom. The summed E-state index contributed by atoms with van der Waals surface area (Å²) in [4.78, 5) is 10.5. The Morgan fingerprint density at radius 3 is 2.05 bits per heavy atom. The molecule has 2 aromatic carbocycles. The number of fused-ring (bicyclic) bond motifs is 1. The highest BCUT2D eigenvalue weighted by atomic mass is 28.4. The van der Waals surface area contributed by atoms with Crippen LogP contribution in [0.15, 0.2) is 36.4 Å². The Kier molecular flexibility index (Phi) is 4.56. The van der Waals surface area contributed by atoms with Crippen molar-refractivity contribution >= 4 is 19.1 Å². The van der Waals surface area contributed by atoms with E-state index in [-0.39, 0.29) is 5.04 Å². The van der Waals surface area contributed by atoms with E-state index in [1.54, 1.807) is 0 Å². The first-order valence-electron chi connectivity index (χ1n) is 7.68. The van der Waals surface area contributed by atoms with Crippen LogP contribution in [0.4, 0.5) is 0 Å². The molecule has 0 atom stereocenters. The van der Waals surface area contributed by atoms with E-state index in [2.05, 4.69) is 50.2 Å². The van der Waals surface area contributed by atoms with Gasteiger partial charge in [0.2, 0.25) is 0 Å². The first kappa shape index (κ1) is 16.2. The van der Waals surface area contributed by atoms with Gasteiger partial charge in [0.15, 0.2) is 8.32 Å². The predicted molar refractivity (Wildman–Crippen MR) is 94.2 cm³/mol. The van der Waals surface area contributed by atoms with Crippen molar-refractivity contribution in [2.24, 2.45) is 5.73 Å². The fourth-order valence-corrected chi connectivity index (χ4v) is 3.28. The topological polar surface area (TPSA) is 46.2 Å². The van der Waals surface area contributed by atoms with Crippen LogP contribution in [0, 0.1) is 0 Å². The summed E-state index contributed by atoms with van der Waals surface area (Å²) in [6.07, 6.45) is 1.82. The molecule has 3 N–H and O–H groups in total. The summed E-state index contributed by atoms with van der Waals surface area (Å²) in [5.41, 5.74) is 8.36. The smallest absolute Gasteiger partial charge is 0.188 e. The van der Waals surface area contributed by atoms with Gasteiger partial charge in [-0.2, -0.15) is 0 Å². The van der Waals surface area contributed by atoms with Crippen LogP contribution in [0.3, 0.4) is 0 Å². The van der Waals surface area contributed by atoms with E-state index in [4.69, 9.17) is 5.73 Å². The van der Waals surface area contributed by atoms with Crippen LogP contribution in [0.2, 0.25) is 18.1 Å². The molecule has 0 aromatic heterocycles. The summed E-state index contributed by atoms with van der Waals surface area (Å²) in [7, 11) is -2.20. The SMILES string of the molecule is CC(C)(Cc1cccc2c(CCN)cccc12)[Si](C)(C)O. The van der Waals surface area contributed by atoms with Crippen LogP contribution in [-0.4, -0.2) is 19.7 Å². The van der Waals surface area contributed by atoms with Crippen LogP contribution in [0.5, 0.6) is 0 Å². The third kappa shape index (κ3) is 3.36. The second-order valence-electron chi connectivity index (χ2n) is 7.09. The Balaban J connectivity index is 2.49. The summed E-state index contributed by atoms with van der Waals surface area (Å²) in [5, 5.41) is 2.55. The molecule has 0 bridgehead atoms. The summed E-state index contributed by atoms with van der Waals surface area (Å²) >= 11 is 0. The first-order chi connectivity index (χ1) is 9.76.